The van der Waals surface area contributed by atoms with Gasteiger partial charge in [0.15, 0.2) is 0 Å². The van der Waals surface area contributed by atoms with Gasteiger partial charge >= 0.3 is 0 Å². The van der Waals surface area contributed by atoms with E-state index >= 15 is 0 Å². The van der Waals surface area contributed by atoms with Crippen molar-refractivity contribution in [3.8, 4) is 0 Å². The Kier molecular flexibility index (Phi) is 9.40. The lowest BCUT2D eigenvalue weighted by molar-refractivity contribution is -0.133. The molecule has 0 unspecified atom stereocenters. The van der Waals surface area contributed by atoms with Crippen LogP contribution >= 0.6 is 0 Å². The number of unbranched alkanes of at least 4 members (excludes halogenated alkanes) is 5. The minimum atomic E-state index is 0.204. The number of hydrogen-bond donors (Lipinski definition) is 0. The van der Waals surface area contributed by atoms with E-state index in [1.54, 1.807) is 13.8 Å². The Hall–Kier alpha value is -1.14. The normalized spacial score (nSPS) is 19.8. The van der Waals surface area contributed by atoms with Gasteiger partial charge in [0, 0.05) is 40.0 Å². The third-order valence-electron chi connectivity index (χ3n) is 5.64. The predicted octanol–water partition coefficient (Wildman–Crippen LogP) is 2.35. The van der Waals surface area contributed by atoms with Crippen molar-refractivity contribution in [2.24, 2.45) is 0 Å². The van der Waals surface area contributed by atoms with Gasteiger partial charge < -0.3 is 9.80 Å². The van der Waals surface area contributed by atoms with E-state index in [2.05, 4.69) is 9.80 Å². The van der Waals surface area contributed by atoms with Crippen LogP contribution < -0.4 is 0 Å². The lowest BCUT2D eigenvalue weighted by Crippen LogP contribution is -2.46. The monoisotopic (exact) mass is 366 g/mol. The smallest absolute Gasteiger partial charge is 0.220 e. The molecule has 150 valence electrons. The van der Waals surface area contributed by atoms with Gasteiger partial charge in [-0.2, -0.15) is 0 Å². The Morgan fingerprint density at radius 1 is 0.615 bits per heavy atom. The highest BCUT2D eigenvalue weighted by atomic mass is 16.2. The van der Waals surface area contributed by atoms with E-state index in [0.717, 1.165) is 65.4 Å². The van der Waals surface area contributed by atoms with Crippen LogP contribution in [0.25, 0.3) is 0 Å². The molecule has 6 nitrogen and oxygen atoms in total. The third kappa shape index (κ3) is 7.62. The van der Waals surface area contributed by atoms with Gasteiger partial charge in [0.05, 0.1) is 13.3 Å². The second-order valence-electron chi connectivity index (χ2n) is 7.91. The molecule has 0 aromatic rings. The van der Waals surface area contributed by atoms with Gasteiger partial charge in [-0.25, -0.2) is 0 Å². The van der Waals surface area contributed by atoms with Gasteiger partial charge in [-0.1, -0.05) is 25.7 Å². The van der Waals surface area contributed by atoms with E-state index in [9.17, 15) is 9.59 Å². The topological polar surface area (TPSA) is 47.1 Å². The van der Waals surface area contributed by atoms with Crippen LogP contribution in [0.1, 0.15) is 65.2 Å². The first kappa shape index (κ1) is 21.2. The van der Waals surface area contributed by atoms with E-state index in [1.165, 1.54) is 38.5 Å². The van der Waals surface area contributed by atoms with Crippen LogP contribution in [-0.2, 0) is 9.59 Å². The molecule has 0 aromatic heterocycles. The number of amides is 2. The fraction of sp³-hybridized carbons (Fsp3) is 0.900. The summed E-state index contributed by atoms with van der Waals surface area (Å²) >= 11 is 0. The van der Waals surface area contributed by atoms with Crippen LogP contribution in [0.5, 0.6) is 0 Å². The van der Waals surface area contributed by atoms with Crippen molar-refractivity contribution >= 4 is 11.8 Å². The van der Waals surface area contributed by atoms with Crippen LogP contribution in [0.15, 0.2) is 0 Å². The first-order chi connectivity index (χ1) is 12.6. The minimum absolute atomic E-state index is 0.204. The lowest BCUT2D eigenvalue weighted by Gasteiger charge is -2.35. The molecule has 0 radical (unpaired) electrons. The van der Waals surface area contributed by atoms with E-state index in [0.29, 0.717) is 0 Å². The van der Waals surface area contributed by atoms with E-state index in [-0.39, 0.29) is 11.8 Å². The molecule has 0 bridgehead atoms. The molecule has 0 atom stereocenters. The highest BCUT2D eigenvalue weighted by Gasteiger charge is 2.19. The van der Waals surface area contributed by atoms with Crippen molar-refractivity contribution in [2.45, 2.75) is 65.2 Å². The molecule has 0 saturated carbocycles. The van der Waals surface area contributed by atoms with E-state index in [1.807, 2.05) is 9.80 Å². The summed E-state index contributed by atoms with van der Waals surface area (Å²) < 4.78 is 0. The standard InChI is InChI=1S/C20H38N4O2/c1-19(25)23-15-9-13-21(17-23)11-7-5-3-4-6-8-12-22-14-10-16-24(18-22)20(2)26/h3-18H2,1-2H3. The number of nitrogens with zero attached hydrogens (tertiary/aromatic N) is 4. The van der Waals surface area contributed by atoms with Crippen molar-refractivity contribution in [3.05, 3.63) is 0 Å². The second-order valence-corrected chi connectivity index (χ2v) is 7.91. The zero-order chi connectivity index (χ0) is 18.8. The van der Waals surface area contributed by atoms with Crippen LogP contribution in [-0.4, -0.2) is 84.0 Å². The second kappa shape index (κ2) is 11.5. The quantitative estimate of drug-likeness (QED) is 0.588. The number of hydrogen-bond acceptors (Lipinski definition) is 4. The molecule has 2 heterocycles. The highest BCUT2D eigenvalue weighted by molar-refractivity contribution is 5.73. The summed E-state index contributed by atoms with van der Waals surface area (Å²) in [7, 11) is 0. The molecule has 2 amide bonds. The number of carbonyl (C=O) groups excluding carboxylic acids is 2. The Balaban J connectivity index is 1.43. The number of carbonyl (C=O) groups is 2. The van der Waals surface area contributed by atoms with Crippen LogP contribution in [0.4, 0.5) is 0 Å². The SMILES string of the molecule is CC(=O)N1CCCN(CCCCCCCCN2CCCN(C(C)=O)C2)C1. The molecular formula is C20H38N4O2. The first-order valence-corrected chi connectivity index (χ1v) is 10.5. The summed E-state index contributed by atoms with van der Waals surface area (Å²) in [4.78, 5) is 31.7. The first-order valence-electron chi connectivity index (χ1n) is 10.5. The molecular weight excluding hydrogens is 328 g/mol. The number of rotatable bonds is 9. The Bertz CT molecular complexity index is 404. The predicted molar refractivity (Wildman–Crippen MR) is 105 cm³/mol. The van der Waals surface area contributed by atoms with Crippen molar-refractivity contribution < 1.29 is 9.59 Å². The Morgan fingerprint density at radius 2 is 1.00 bits per heavy atom. The molecule has 2 rings (SSSR count). The van der Waals surface area contributed by atoms with Crippen LogP contribution in [0, 0.1) is 0 Å². The lowest BCUT2D eigenvalue weighted by atomic mass is 10.1. The molecule has 2 saturated heterocycles. The van der Waals surface area contributed by atoms with Gasteiger partial charge in [-0.05, 0) is 38.8 Å². The van der Waals surface area contributed by atoms with Crippen LogP contribution in [0.2, 0.25) is 0 Å². The zero-order valence-corrected chi connectivity index (χ0v) is 16.9. The van der Waals surface area contributed by atoms with Gasteiger partial charge in [0.25, 0.3) is 0 Å². The van der Waals surface area contributed by atoms with Crippen molar-refractivity contribution in [3.63, 3.8) is 0 Å². The summed E-state index contributed by atoms with van der Waals surface area (Å²) in [5, 5.41) is 0. The van der Waals surface area contributed by atoms with Crippen LogP contribution in [0.3, 0.4) is 0 Å². The highest BCUT2D eigenvalue weighted by Crippen LogP contribution is 2.12. The van der Waals surface area contributed by atoms with Crippen molar-refractivity contribution in [1.82, 2.24) is 19.6 Å². The van der Waals surface area contributed by atoms with Crippen molar-refractivity contribution in [1.29, 1.82) is 0 Å². The molecule has 2 aliphatic heterocycles. The van der Waals surface area contributed by atoms with E-state index in [4.69, 9.17) is 0 Å². The zero-order valence-electron chi connectivity index (χ0n) is 16.9. The molecule has 2 aliphatic rings. The maximum Gasteiger partial charge on any atom is 0.220 e. The fourth-order valence-corrected chi connectivity index (χ4v) is 3.99. The Morgan fingerprint density at radius 3 is 1.38 bits per heavy atom. The molecule has 26 heavy (non-hydrogen) atoms. The minimum Gasteiger partial charge on any atom is -0.330 e. The fourth-order valence-electron chi connectivity index (χ4n) is 3.99. The molecule has 0 aromatic carbocycles. The van der Waals surface area contributed by atoms with E-state index < -0.39 is 0 Å². The molecule has 2 fully saturated rings. The maximum absolute atomic E-state index is 11.5. The summed E-state index contributed by atoms with van der Waals surface area (Å²) in [6, 6.07) is 0. The van der Waals surface area contributed by atoms with Gasteiger partial charge in [0.2, 0.25) is 11.8 Å². The summed E-state index contributed by atoms with van der Waals surface area (Å²) in [6.07, 6.45) is 9.90. The van der Waals surface area contributed by atoms with Gasteiger partial charge in [-0.3, -0.25) is 19.4 Å². The molecule has 0 aliphatic carbocycles. The summed E-state index contributed by atoms with van der Waals surface area (Å²) in [6.45, 7) is 11.4. The molecule has 0 spiro atoms. The summed E-state index contributed by atoms with van der Waals surface area (Å²) in [5.41, 5.74) is 0. The third-order valence-corrected chi connectivity index (χ3v) is 5.64. The molecule has 6 heteroatoms. The average molecular weight is 367 g/mol. The van der Waals surface area contributed by atoms with Gasteiger partial charge in [-0.15, -0.1) is 0 Å². The van der Waals surface area contributed by atoms with Crippen molar-refractivity contribution in [2.75, 3.05) is 52.6 Å². The maximum atomic E-state index is 11.5. The molecule has 0 N–H and O–H groups in total. The largest absolute Gasteiger partial charge is 0.330 e. The average Bonchev–Trinajstić information content (AvgIpc) is 2.64. The Labute approximate surface area is 159 Å². The summed E-state index contributed by atoms with van der Waals surface area (Å²) in [5.74, 6) is 0.407. The van der Waals surface area contributed by atoms with Gasteiger partial charge in [0.1, 0.15) is 0 Å².